The molecule has 1 aromatic heterocycles. The molecule has 0 aliphatic rings. The van der Waals surface area contributed by atoms with Gasteiger partial charge in [-0.2, -0.15) is 0 Å². The second-order valence-corrected chi connectivity index (χ2v) is 4.24. The minimum absolute atomic E-state index is 0.0842. The van der Waals surface area contributed by atoms with Crippen LogP contribution in [-0.4, -0.2) is 22.2 Å². The van der Waals surface area contributed by atoms with Crippen molar-refractivity contribution in [3.63, 3.8) is 0 Å². The number of hydrogen-bond acceptors (Lipinski definition) is 5. The number of carbonyl (C=O) groups excluding carboxylic acids is 1. The lowest BCUT2D eigenvalue weighted by atomic mass is 10.0. The topological polar surface area (TPSA) is 66.6 Å². The van der Waals surface area contributed by atoms with Gasteiger partial charge in [0.2, 0.25) is 0 Å². The summed E-state index contributed by atoms with van der Waals surface area (Å²) >= 11 is 0. The van der Waals surface area contributed by atoms with Crippen molar-refractivity contribution in [2.24, 2.45) is 0 Å². The molecule has 0 saturated carbocycles. The van der Waals surface area contributed by atoms with Crippen molar-refractivity contribution in [2.75, 3.05) is 5.06 Å². The predicted molar refractivity (Wildman–Crippen MR) is 64.0 cm³/mol. The van der Waals surface area contributed by atoms with E-state index >= 15 is 0 Å². The molecule has 0 bridgehead atoms. The highest BCUT2D eigenvalue weighted by Crippen LogP contribution is 2.21. The molecule has 1 N–H and O–H groups in total. The lowest BCUT2D eigenvalue weighted by molar-refractivity contribution is -0.117. The van der Waals surface area contributed by atoms with Crippen LogP contribution in [0.25, 0.3) is 0 Å². The summed E-state index contributed by atoms with van der Waals surface area (Å²) < 4.78 is 4.89. The smallest absolute Gasteiger partial charge is 0.196 e. The van der Waals surface area contributed by atoms with Gasteiger partial charge in [0.25, 0.3) is 0 Å². The highest BCUT2D eigenvalue weighted by molar-refractivity contribution is 5.75. The first-order valence-corrected chi connectivity index (χ1v) is 5.48. The number of carbonyl (C=O) groups is 1. The molecule has 0 amide bonds. The molecule has 0 aromatic carbocycles. The number of anilines is 1. The van der Waals surface area contributed by atoms with Crippen LogP contribution >= 0.6 is 0 Å². The highest BCUT2D eigenvalue weighted by Gasteiger charge is 2.21. The molecule has 1 unspecified atom stereocenters. The first-order chi connectivity index (χ1) is 7.91. The molecule has 17 heavy (non-hydrogen) atoms. The van der Waals surface area contributed by atoms with E-state index in [1.165, 1.54) is 6.92 Å². The first kappa shape index (κ1) is 13.4. The van der Waals surface area contributed by atoms with Crippen LogP contribution in [-0.2, 0) is 4.79 Å². The fourth-order valence-corrected chi connectivity index (χ4v) is 1.54. The summed E-state index contributed by atoms with van der Waals surface area (Å²) in [6.07, 6.45) is 0.901. The van der Waals surface area contributed by atoms with Crippen LogP contribution in [0.5, 0.6) is 0 Å². The molecule has 1 heterocycles. The summed E-state index contributed by atoms with van der Waals surface area (Å²) in [6, 6.07) is 1.30. The van der Waals surface area contributed by atoms with Gasteiger partial charge in [-0.3, -0.25) is 5.21 Å². The average molecular weight is 238 g/mol. The standard InChI is InChI=1S/C12H18N2O3/c1-8(2)11(6-5-9(3)15)14(16)12-7-10(4)17-13-12/h7,11,16H,1,5-6H2,2-4H3. The van der Waals surface area contributed by atoms with Crippen molar-refractivity contribution < 1.29 is 14.5 Å². The van der Waals surface area contributed by atoms with Gasteiger partial charge in [-0.25, -0.2) is 5.06 Å². The summed E-state index contributed by atoms with van der Waals surface area (Å²) in [6.45, 7) is 8.89. The largest absolute Gasteiger partial charge is 0.359 e. The van der Waals surface area contributed by atoms with Gasteiger partial charge in [0.15, 0.2) is 5.82 Å². The molecule has 5 heteroatoms. The van der Waals surface area contributed by atoms with Crippen molar-refractivity contribution >= 4 is 11.6 Å². The van der Waals surface area contributed by atoms with E-state index in [0.29, 0.717) is 24.4 Å². The molecule has 0 aliphatic heterocycles. The summed E-state index contributed by atoms with van der Waals surface area (Å²) in [5.74, 6) is 1.03. The van der Waals surface area contributed by atoms with Gasteiger partial charge in [-0.15, -0.1) is 0 Å². The van der Waals surface area contributed by atoms with Crippen LogP contribution in [0.1, 0.15) is 32.4 Å². The van der Waals surface area contributed by atoms with Gasteiger partial charge in [0, 0.05) is 12.5 Å². The summed E-state index contributed by atoms with van der Waals surface area (Å²) in [5, 5.41) is 14.7. The number of hydrogen-bond donors (Lipinski definition) is 1. The van der Waals surface area contributed by atoms with E-state index in [-0.39, 0.29) is 11.8 Å². The molecule has 94 valence electrons. The minimum Gasteiger partial charge on any atom is -0.359 e. The number of aromatic nitrogens is 1. The van der Waals surface area contributed by atoms with Crippen LogP contribution in [0.3, 0.4) is 0 Å². The van der Waals surface area contributed by atoms with E-state index in [9.17, 15) is 10.0 Å². The number of ketones is 1. The highest BCUT2D eigenvalue weighted by atomic mass is 16.5. The van der Waals surface area contributed by atoms with Gasteiger partial charge in [0.1, 0.15) is 11.5 Å². The molecule has 0 aliphatic carbocycles. The van der Waals surface area contributed by atoms with Crippen LogP contribution in [0.2, 0.25) is 0 Å². The van der Waals surface area contributed by atoms with Crippen molar-refractivity contribution in [3.05, 3.63) is 24.0 Å². The van der Waals surface area contributed by atoms with Gasteiger partial charge >= 0.3 is 0 Å². The third-order valence-corrected chi connectivity index (χ3v) is 2.48. The maximum absolute atomic E-state index is 11.0. The monoisotopic (exact) mass is 238 g/mol. The maximum Gasteiger partial charge on any atom is 0.196 e. The molecule has 0 saturated heterocycles. The third kappa shape index (κ3) is 3.71. The molecule has 1 aromatic rings. The summed E-state index contributed by atoms with van der Waals surface area (Å²) in [4.78, 5) is 11.0. The van der Waals surface area contributed by atoms with Crippen LogP contribution < -0.4 is 5.06 Å². The number of rotatable bonds is 6. The van der Waals surface area contributed by atoms with E-state index in [4.69, 9.17) is 4.52 Å². The van der Waals surface area contributed by atoms with E-state index in [1.807, 2.05) is 0 Å². The third-order valence-electron chi connectivity index (χ3n) is 2.48. The Balaban J connectivity index is 2.76. The van der Waals surface area contributed by atoms with Gasteiger partial charge in [-0.1, -0.05) is 17.3 Å². The first-order valence-electron chi connectivity index (χ1n) is 5.48. The van der Waals surface area contributed by atoms with Gasteiger partial charge in [0.05, 0.1) is 6.04 Å². The molecular weight excluding hydrogens is 220 g/mol. The molecule has 1 atom stereocenters. The average Bonchev–Trinajstić information content (AvgIpc) is 2.63. The fraction of sp³-hybridized carbons (Fsp3) is 0.500. The van der Waals surface area contributed by atoms with Gasteiger partial charge < -0.3 is 9.32 Å². The van der Waals surface area contributed by atoms with Crippen LogP contribution in [0.15, 0.2) is 22.7 Å². The molecule has 5 nitrogen and oxygen atoms in total. The van der Waals surface area contributed by atoms with E-state index in [1.54, 1.807) is 19.9 Å². The lowest BCUT2D eigenvalue weighted by Gasteiger charge is -2.25. The van der Waals surface area contributed by atoms with Crippen molar-refractivity contribution in [2.45, 2.75) is 39.7 Å². The van der Waals surface area contributed by atoms with E-state index in [0.717, 1.165) is 10.6 Å². The second kappa shape index (κ2) is 5.63. The number of nitrogens with zero attached hydrogens (tertiary/aromatic N) is 2. The second-order valence-electron chi connectivity index (χ2n) is 4.24. The Hall–Kier alpha value is -1.62. The van der Waals surface area contributed by atoms with Crippen molar-refractivity contribution in [1.29, 1.82) is 0 Å². The zero-order chi connectivity index (χ0) is 13.0. The summed E-state index contributed by atoms with van der Waals surface area (Å²) in [7, 11) is 0. The van der Waals surface area contributed by atoms with E-state index in [2.05, 4.69) is 11.7 Å². The van der Waals surface area contributed by atoms with Crippen LogP contribution in [0.4, 0.5) is 5.82 Å². The molecular formula is C12H18N2O3. The van der Waals surface area contributed by atoms with Crippen molar-refractivity contribution in [3.8, 4) is 0 Å². The fourth-order valence-electron chi connectivity index (χ4n) is 1.54. The number of aryl methyl sites for hydroxylation is 1. The Morgan fingerprint density at radius 1 is 1.65 bits per heavy atom. The number of Topliss-reactive ketones (excluding diaryl/α,β-unsaturated/α-hetero) is 1. The molecule has 0 spiro atoms. The van der Waals surface area contributed by atoms with Gasteiger partial charge in [-0.05, 0) is 27.2 Å². The maximum atomic E-state index is 11.0. The number of hydroxylamine groups is 1. The Bertz CT molecular complexity index is 412. The minimum atomic E-state index is -0.330. The Kier molecular flexibility index (Phi) is 4.45. The molecule has 0 fully saturated rings. The Labute approximate surface area is 101 Å². The normalized spacial score (nSPS) is 12.2. The zero-order valence-corrected chi connectivity index (χ0v) is 10.4. The predicted octanol–water partition coefficient (Wildman–Crippen LogP) is 2.49. The molecule has 0 radical (unpaired) electrons. The lowest BCUT2D eigenvalue weighted by Crippen LogP contribution is -2.33. The Morgan fingerprint density at radius 2 is 2.29 bits per heavy atom. The summed E-state index contributed by atoms with van der Waals surface area (Å²) in [5.41, 5.74) is 0.773. The van der Waals surface area contributed by atoms with Crippen LogP contribution in [0, 0.1) is 6.92 Å². The molecule has 1 rings (SSSR count). The zero-order valence-electron chi connectivity index (χ0n) is 10.4. The van der Waals surface area contributed by atoms with Crippen molar-refractivity contribution in [1.82, 2.24) is 5.16 Å². The SMILES string of the molecule is C=C(C)C(CCC(C)=O)N(O)c1cc(C)on1. The van der Waals surface area contributed by atoms with E-state index < -0.39 is 0 Å². The Morgan fingerprint density at radius 3 is 2.71 bits per heavy atom. The quantitative estimate of drug-likeness (QED) is 0.609.